The van der Waals surface area contributed by atoms with Gasteiger partial charge in [0.2, 0.25) is 0 Å². The highest BCUT2D eigenvalue weighted by molar-refractivity contribution is 5.66. The van der Waals surface area contributed by atoms with E-state index < -0.39 is 17.7 Å². The number of unbranched alkanes of at least 4 members (excludes halogenated alkanes) is 1. The van der Waals surface area contributed by atoms with E-state index in [-0.39, 0.29) is 12.3 Å². The van der Waals surface area contributed by atoms with Gasteiger partial charge in [-0.25, -0.2) is 0 Å². The number of hydrogen-bond acceptors (Lipinski definition) is 3. The number of fused-ring (bicyclic) bond motifs is 1. The molecule has 0 unspecified atom stereocenters. The summed E-state index contributed by atoms with van der Waals surface area (Å²) in [5.41, 5.74) is 3.28. The van der Waals surface area contributed by atoms with E-state index in [9.17, 15) is 15.0 Å². The molecule has 28 heavy (non-hydrogen) atoms. The molecule has 0 amide bonds. The Bertz CT molecular complexity index is 707. The molecule has 3 fully saturated rings. The van der Waals surface area contributed by atoms with E-state index in [2.05, 4.69) is 31.8 Å². The lowest BCUT2D eigenvalue weighted by Gasteiger charge is -2.29. The van der Waals surface area contributed by atoms with Crippen molar-refractivity contribution in [3.8, 4) is 11.8 Å². The molecule has 4 nitrogen and oxygen atoms in total. The summed E-state index contributed by atoms with van der Waals surface area (Å²) in [6, 6.07) is 0. The van der Waals surface area contributed by atoms with E-state index in [1.54, 1.807) is 0 Å². The van der Waals surface area contributed by atoms with Crippen LogP contribution in [-0.2, 0) is 4.79 Å². The highest BCUT2D eigenvalue weighted by Gasteiger charge is 2.45. The van der Waals surface area contributed by atoms with E-state index in [1.807, 2.05) is 0 Å². The van der Waals surface area contributed by atoms with E-state index in [4.69, 9.17) is 5.11 Å². The first-order valence-electron chi connectivity index (χ1n) is 10.8. The number of carbonyl (C=O) groups is 1. The van der Waals surface area contributed by atoms with Crippen LogP contribution in [0.25, 0.3) is 0 Å². The van der Waals surface area contributed by atoms with Crippen LogP contribution in [0.1, 0.15) is 78.1 Å². The number of hydrogen-bond donors (Lipinski definition) is 3. The fraction of sp³-hybridized carbons (Fsp3) is 0.708. The summed E-state index contributed by atoms with van der Waals surface area (Å²) in [7, 11) is 0. The molecule has 0 radical (unpaired) electrons. The van der Waals surface area contributed by atoms with Crippen LogP contribution in [-0.4, -0.2) is 33.0 Å². The summed E-state index contributed by atoms with van der Waals surface area (Å²) in [6.45, 7) is 4.26. The third-order valence-corrected chi connectivity index (χ3v) is 6.93. The Morgan fingerprint density at radius 2 is 1.96 bits per heavy atom. The molecule has 0 aromatic heterocycles. The first-order chi connectivity index (χ1) is 13.3. The van der Waals surface area contributed by atoms with Crippen molar-refractivity contribution in [2.24, 2.45) is 17.8 Å². The molecule has 3 saturated carbocycles. The number of carboxylic acid groups (broad SMARTS) is 1. The smallest absolute Gasteiger partial charge is 0.303 e. The second-order valence-electron chi connectivity index (χ2n) is 9.21. The maximum Gasteiger partial charge on any atom is 0.303 e. The third-order valence-electron chi connectivity index (χ3n) is 6.93. The van der Waals surface area contributed by atoms with Crippen LogP contribution >= 0.6 is 0 Å². The van der Waals surface area contributed by atoms with Gasteiger partial charge in [-0.15, -0.1) is 0 Å². The Morgan fingerprint density at radius 1 is 1.25 bits per heavy atom. The Hall–Kier alpha value is -1.57. The van der Waals surface area contributed by atoms with Crippen molar-refractivity contribution < 1.29 is 20.1 Å². The van der Waals surface area contributed by atoms with E-state index in [1.165, 1.54) is 16.7 Å². The molecule has 3 rings (SSSR count). The van der Waals surface area contributed by atoms with E-state index >= 15 is 0 Å². The molecule has 154 valence electrons. The van der Waals surface area contributed by atoms with Crippen molar-refractivity contribution in [1.82, 2.24) is 0 Å². The van der Waals surface area contributed by atoms with Gasteiger partial charge in [0.1, 0.15) is 5.60 Å². The molecule has 0 heterocycles. The van der Waals surface area contributed by atoms with Gasteiger partial charge in [-0.3, -0.25) is 4.79 Å². The minimum atomic E-state index is -0.912. The number of carboxylic acids is 1. The molecule has 0 aliphatic heterocycles. The van der Waals surface area contributed by atoms with Crippen molar-refractivity contribution in [2.75, 3.05) is 0 Å². The Morgan fingerprint density at radius 3 is 2.61 bits per heavy atom. The van der Waals surface area contributed by atoms with Gasteiger partial charge in [0, 0.05) is 12.3 Å². The van der Waals surface area contributed by atoms with Gasteiger partial charge in [0.05, 0.1) is 6.10 Å². The summed E-state index contributed by atoms with van der Waals surface area (Å²) >= 11 is 0. The van der Waals surface area contributed by atoms with E-state index in [0.717, 1.165) is 38.5 Å². The molecule has 0 aromatic rings. The quantitative estimate of drug-likeness (QED) is 0.384. The molecule has 4 atom stereocenters. The largest absolute Gasteiger partial charge is 0.481 e. The van der Waals surface area contributed by atoms with Crippen molar-refractivity contribution in [1.29, 1.82) is 0 Å². The number of aliphatic carboxylic acids is 1. The molecule has 0 bridgehead atoms. The normalized spacial score (nSPS) is 36.1. The summed E-state index contributed by atoms with van der Waals surface area (Å²) < 4.78 is 0. The predicted molar refractivity (Wildman–Crippen MR) is 109 cm³/mol. The van der Waals surface area contributed by atoms with Crippen LogP contribution in [0.15, 0.2) is 22.8 Å². The summed E-state index contributed by atoms with van der Waals surface area (Å²) in [6.07, 6.45) is 9.46. The van der Waals surface area contributed by atoms with Crippen molar-refractivity contribution in [3.63, 3.8) is 0 Å². The van der Waals surface area contributed by atoms with Gasteiger partial charge >= 0.3 is 5.97 Å². The van der Waals surface area contributed by atoms with Crippen LogP contribution in [0.3, 0.4) is 0 Å². The molecular weight excluding hydrogens is 352 g/mol. The van der Waals surface area contributed by atoms with Crippen LogP contribution in [0.5, 0.6) is 0 Å². The first-order valence-corrected chi connectivity index (χ1v) is 10.8. The monoisotopic (exact) mass is 386 g/mol. The SMILES string of the molecule is CC(C)=C1CCC(O)(C#C[C@@H]2[C@H]3C/C(=C/CCCC(=O)O)C[C@H]3C[C@H]2O)CC1. The number of rotatable bonds is 4. The molecular formula is C24H34O4. The fourth-order valence-corrected chi connectivity index (χ4v) is 5.20. The van der Waals surface area contributed by atoms with Crippen LogP contribution in [0, 0.1) is 29.6 Å². The van der Waals surface area contributed by atoms with Crippen LogP contribution in [0.2, 0.25) is 0 Å². The maximum atomic E-state index is 10.9. The lowest BCUT2D eigenvalue weighted by atomic mass is 9.80. The molecule has 3 N–H and O–H groups in total. The van der Waals surface area contributed by atoms with Gasteiger partial charge < -0.3 is 15.3 Å². The third kappa shape index (κ3) is 5.07. The molecule has 0 spiro atoms. The second kappa shape index (κ2) is 8.84. The number of aliphatic hydroxyl groups excluding tert-OH is 1. The number of aliphatic hydroxyl groups is 2. The minimum Gasteiger partial charge on any atom is -0.481 e. The number of allylic oxidation sites excluding steroid dienone is 4. The second-order valence-corrected chi connectivity index (χ2v) is 9.21. The van der Waals surface area contributed by atoms with Crippen LogP contribution in [0.4, 0.5) is 0 Å². The topological polar surface area (TPSA) is 77.8 Å². The standard InChI is InChI=1S/C24H34O4/c1-16(2)18-7-10-24(28,11-8-18)12-9-20-21-14-17(5-3-4-6-23(26)27)13-19(21)15-22(20)25/h5,19-22,25,28H,3-4,6-8,10-11,13-15H2,1-2H3,(H,26,27)/b17-5+/t19-,20+,21-,22+/m0/s1. The summed E-state index contributed by atoms with van der Waals surface area (Å²) in [5, 5.41) is 30.1. The maximum absolute atomic E-state index is 10.9. The van der Waals surface area contributed by atoms with Gasteiger partial charge in [0.15, 0.2) is 0 Å². The van der Waals surface area contributed by atoms with Crippen molar-refractivity contribution >= 4 is 5.97 Å². The zero-order chi connectivity index (χ0) is 20.3. The first kappa shape index (κ1) is 21.1. The predicted octanol–water partition coefficient (Wildman–Crippen LogP) is 4.22. The van der Waals surface area contributed by atoms with Crippen molar-refractivity contribution in [3.05, 3.63) is 22.8 Å². The average molecular weight is 387 g/mol. The molecule has 0 aromatic carbocycles. The molecule has 4 heteroatoms. The van der Waals surface area contributed by atoms with Crippen LogP contribution < -0.4 is 0 Å². The minimum absolute atomic E-state index is 0.0520. The Balaban J connectivity index is 1.60. The summed E-state index contributed by atoms with van der Waals surface area (Å²) in [4.78, 5) is 10.6. The highest BCUT2D eigenvalue weighted by atomic mass is 16.4. The Kier molecular flexibility index (Phi) is 6.68. The lowest BCUT2D eigenvalue weighted by molar-refractivity contribution is -0.137. The highest BCUT2D eigenvalue weighted by Crippen LogP contribution is 2.50. The van der Waals surface area contributed by atoms with E-state index in [0.29, 0.717) is 31.1 Å². The molecule has 3 aliphatic rings. The van der Waals surface area contributed by atoms with Crippen molar-refractivity contribution in [2.45, 2.75) is 89.8 Å². The fourth-order valence-electron chi connectivity index (χ4n) is 5.20. The average Bonchev–Trinajstić information content (AvgIpc) is 3.13. The zero-order valence-electron chi connectivity index (χ0n) is 17.2. The van der Waals surface area contributed by atoms with Gasteiger partial charge in [-0.2, -0.15) is 0 Å². The molecule has 3 aliphatic carbocycles. The Labute approximate surface area is 168 Å². The zero-order valence-corrected chi connectivity index (χ0v) is 17.2. The lowest BCUT2D eigenvalue weighted by Crippen LogP contribution is -2.31. The van der Waals surface area contributed by atoms with Gasteiger partial charge in [0.25, 0.3) is 0 Å². The van der Waals surface area contributed by atoms with Gasteiger partial charge in [-0.1, -0.05) is 34.6 Å². The summed E-state index contributed by atoms with van der Waals surface area (Å²) in [5.74, 6) is 6.50. The van der Waals surface area contributed by atoms with Gasteiger partial charge in [-0.05, 0) is 83.5 Å². The molecule has 0 saturated heterocycles.